The average molecular weight is 291 g/mol. The van der Waals surface area contributed by atoms with Crippen LogP contribution in [0.3, 0.4) is 0 Å². The number of aromatic nitrogens is 2. The fourth-order valence-electron chi connectivity index (χ4n) is 1.87. The van der Waals surface area contributed by atoms with Gasteiger partial charge in [0.25, 0.3) is 0 Å². The Bertz CT molecular complexity index is 781. The van der Waals surface area contributed by atoms with Gasteiger partial charge < -0.3 is 9.73 Å². The molecule has 7 heteroatoms. The number of furan rings is 1. The summed E-state index contributed by atoms with van der Waals surface area (Å²) >= 11 is 1.30. The molecule has 2 aromatic heterocycles. The van der Waals surface area contributed by atoms with Crippen LogP contribution in [0.4, 0.5) is 9.52 Å². The quantitative estimate of drug-likeness (QED) is 0.805. The maximum absolute atomic E-state index is 13.2. The number of hydrogen-bond donors (Lipinski definition) is 1. The van der Waals surface area contributed by atoms with Crippen molar-refractivity contribution < 1.29 is 13.6 Å². The number of amides is 1. The first-order valence-corrected chi connectivity index (χ1v) is 6.69. The zero-order valence-electron chi connectivity index (χ0n) is 10.5. The van der Waals surface area contributed by atoms with Crippen molar-refractivity contribution in [1.29, 1.82) is 0 Å². The third kappa shape index (κ3) is 2.53. The monoisotopic (exact) mass is 291 g/mol. The van der Waals surface area contributed by atoms with Gasteiger partial charge in [-0.05, 0) is 25.1 Å². The summed E-state index contributed by atoms with van der Waals surface area (Å²) in [6.07, 6.45) is 1.56. The van der Waals surface area contributed by atoms with Gasteiger partial charge in [0.2, 0.25) is 11.0 Å². The van der Waals surface area contributed by atoms with E-state index < -0.39 is 0 Å². The van der Waals surface area contributed by atoms with Gasteiger partial charge in [0.1, 0.15) is 16.4 Å². The van der Waals surface area contributed by atoms with Crippen molar-refractivity contribution in [3.63, 3.8) is 0 Å². The summed E-state index contributed by atoms with van der Waals surface area (Å²) in [6, 6.07) is 4.22. The first-order chi connectivity index (χ1) is 9.61. The van der Waals surface area contributed by atoms with Gasteiger partial charge >= 0.3 is 0 Å². The first kappa shape index (κ1) is 12.7. The molecule has 0 bridgehead atoms. The van der Waals surface area contributed by atoms with E-state index in [9.17, 15) is 9.18 Å². The molecule has 0 saturated carbocycles. The molecule has 0 fully saturated rings. The van der Waals surface area contributed by atoms with Crippen LogP contribution < -0.4 is 5.32 Å². The van der Waals surface area contributed by atoms with E-state index in [1.54, 1.807) is 13.0 Å². The number of nitrogens with zero attached hydrogens (tertiary/aromatic N) is 2. The lowest BCUT2D eigenvalue weighted by atomic mass is 10.1. The molecule has 20 heavy (non-hydrogen) atoms. The molecule has 5 nitrogen and oxygen atoms in total. The number of carbonyl (C=O) groups is 1. The molecule has 1 aromatic carbocycles. The lowest BCUT2D eigenvalue weighted by Crippen LogP contribution is -2.14. The van der Waals surface area contributed by atoms with E-state index >= 15 is 0 Å². The van der Waals surface area contributed by atoms with Crippen molar-refractivity contribution in [1.82, 2.24) is 10.2 Å². The average Bonchev–Trinajstić information content (AvgIpc) is 2.97. The predicted molar refractivity (Wildman–Crippen MR) is 73.2 cm³/mol. The number of carbonyl (C=O) groups excluding carboxylic acids is 1. The maximum atomic E-state index is 13.2. The minimum Gasteiger partial charge on any atom is -0.464 e. The van der Waals surface area contributed by atoms with Crippen LogP contribution in [-0.4, -0.2) is 16.1 Å². The highest BCUT2D eigenvalue weighted by atomic mass is 32.1. The second-order valence-electron chi connectivity index (χ2n) is 4.25. The van der Waals surface area contributed by atoms with E-state index in [2.05, 4.69) is 15.5 Å². The Balaban J connectivity index is 1.79. The predicted octanol–water partition coefficient (Wildman–Crippen LogP) is 2.91. The van der Waals surface area contributed by atoms with Gasteiger partial charge in [-0.3, -0.25) is 4.79 Å². The van der Waals surface area contributed by atoms with Crippen molar-refractivity contribution >= 4 is 33.3 Å². The summed E-state index contributed by atoms with van der Waals surface area (Å²) in [5, 5.41) is 12.1. The minimum absolute atomic E-state index is 0.0923. The number of aryl methyl sites for hydroxylation is 1. The lowest BCUT2D eigenvalue weighted by molar-refractivity contribution is -0.115. The largest absolute Gasteiger partial charge is 0.464 e. The zero-order valence-corrected chi connectivity index (χ0v) is 11.3. The third-order valence-electron chi connectivity index (χ3n) is 2.74. The molecule has 3 rings (SSSR count). The van der Waals surface area contributed by atoms with Crippen molar-refractivity contribution in [3.05, 3.63) is 40.9 Å². The summed E-state index contributed by atoms with van der Waals surface area (Å²) < 4.78 is 18.5. The van der Waals surface area contributed by atoms with E-state index in [-0.39, 0.29) is 18.1 Å². The Hall–Kier alpha value is -2.28. The highest BCUT2D eigenvalue weighted by Gasteiger charge is 2.12. The first-order valence-electron chi connectivity index (χ1n) is 5.87. The van der Waals surface area contributed by atoms with Crippen molar-refractivity contribution in [3.8, 4) is 0 Å². The number of rotatable bonds is 3. The van der Waals surface area contributed by atoms with Gasteiger partial charge in [-0.25, -0.2) is 4.39 Å². The van der Waals surface area contributed by atoms with E-state index in [1.807, 2.05) is 0 Å². The smallest absolute Gasteiger partial charge is 0.230 e. The Morgan fingerprint density at radius 3 is 3.05 bits per heavy atom. The van der Waals surface area contributed by atoms with Crippen molar-refractivity contribution in [2.75, 3.05) is 5.32 Å². The molecule has 0 aliphatic heterocycles. The van der Waals surface area contributed by atoms with Gasteiger partial charge in [-0.15, -0.1) is 10.2 Å². The fourth-order valence-corrected chi connectivity index (χ4v) is 2.48. The molecule has 3 aromatic rings. The number of anilines is 1. The van der Waals surface area contributed by atoms with E-state index in [1.165, 1.54) is 29.7 Å². The number of halogens is 1. The van der Waals surface area contributed by atoms with E-state index in [0.29, 0.717) is 21.7 Å². The molecule has 0 aliphatic carbocycles. The molecule has 2 heterocycles. The molecule has 1 amide bonds. The number of fused-ring (bicyclic) bond motifs is 1. The lowest BCUT2D eigenvalue weighted by Gasteiger charge is -1.99. The van der Waals surface area contributed by atoms with Crippen LogP contribution in [0.1, 0.15) is 10.6 Å². The standard InChI is InChI=1S/C13H10FN3O2S/c1-7-16-17-13(20-7)15-12(18)4-8-6-19-11-3-2-9(14)5-10(8)11/h2-3,5-6H,4H2,1H3,(H,15,17,18). The van der Waals surface area contributed by atoms with E-state index in [0.717, 1.165) is 5.01 Å². The van der Waals surface area contributed by atoms with Gasteiger partial charge in [0.15, 0.2) is 0 Å². The van der Waals surface area contributed by atoms with Gasteiger partial charge in [0, 0.05) is 10.9 Å². The summed E-state index contributed by atoms with van der Waals surface area (Å²) in [5.41, 5.74) is 1.19. The van der Waals surface area contributed by atoms with Crippen LogP contribution in [0.2, 0.25) is 0 Å². The Labute approximate surface area is 117 Å². The third-order valence-corrected chi connectivity index (χ3v) is 3.49. The highest BCUT2D eigenvalue weighted by Crippen LogP contribution is 2.23. The van der Waals surface area contributed by atoms with Gasteiger partial charge in [0.05, 0.1) is 12.7 Å². The van der Waals surface area contributed by atoms with Gasteiger partial charge in [-0.1, -0.05) is 11.3 Å². The molecule has 0 saturated heterocycles. The van der Waals surface area contributed by atoms with Gasteiger partial charge in [-0.2, -0.15) is 0 Å². The van der Waals surface area contributed by atoms with Crippen LogP contribution in [0.25, 0.3) is 11.0 Å². The van der Waals surface area contributed by atoms with Crippen LogP contribution in [0.15, 0.2) is 28.9 Å². The Morgan fingerprint density at radius 2 is 2.30 bits per heavy atom. The maximum Gasteiger partial charge on any atom is 0.230 e. The Kier molecular flexibility index (Phi) is 3.19. The number of benzene rings is 1. The molecule has 102 valence electrons. The molecule has 0 atom stereocenters. The SMILES string of the molecule is Cc1nnc(NC(=O)Cc2coc3ccc(F)cc23)s1. The number of hydrogen-bond acceptors (Lipinski definition) is 5. The molecule has 0 spiro atoms. The highest BCUT2D eigenvalue weighted by molar-refractivity contribution is 7.15. The fraction of sp³-hybridized carbons (Fsp3) is 0.154. The van der Waals surface area contributed by atoms with Crippen LogP contribution >= 0.6 is 11.3 Å². The molecule has 0 unspecified atom stereocenters. The van der Waals surface area contributed by atoms with Crippen LogP contribution in [0, 0.1) is 12.7 Å². The molecule has 1 N–H and O–H groups in total. The zero-order chi connectivity index (χ0) is 14.1. The summed E-state index contributed by atoms with van der Waals surface area (Å²) in [4.78, 5) is 11.9. The van der Waals surface area contributed by atoms with Crippen LogP contribution in [-0.2, 0) is 11.2 Å². The normalized spacial score (nSPS) is 10.9. The van der Waals surface area contributed by atoms with Crippen molar-refractivity contribution in [2.24, 2.45) is 0 Å². The van der Waals surface area contributed by atoms with E-state index in [4.69, 9.17) is 4.42 Å². The second kappa shape index (κ2) is 5.01. The minimum atomic E-state index is -0.361. The summed E-state index contributed by atoms with van der Waals surface area (Å²) in [7, 11) is 0. The molecular formula is C13H10FN3O2S. The summed E-state index contributed by atoms with van der Waals surface area (Å²) in [6.45, 7) is 1.81. The second-order valence-corrected chi connectivity index (χ2v) is 5.43. The van der Waals surface area contributed by atoms with Crippen molar-refractivity contribution in [2.45, 2.75) is 13.3 Å². The topological polar surface area (TPSA) is 68.0 Å². The summed E-state index contributed by atoms with van der Waals surface area (Å²) in [5.74, 6) is -0.603. The molecule has 0 aliphatic rings. The number of nitrogens with one attached hydrogen (secondary N) is 1. The Morgan fingerprint density at radius 1 is 1.45 bits per heavy atom. The van der Waals surface area contributed by atoms with Crippen LogP contribution in [0.5, 0.6) is 0 Å². The molecule has 0 radical (unpaired) electrons. The molecular weight excluding hydrogens is 281 g/mol.